The van der Waals surface area contributed by atoms with Crippen LogP contribution in [0.1, 0.15) is 25.7 Å². The van der Waals surface area contributed by atoms with E-state index in [1.807, 2.05) is 6.07 Å². The number of nitrogens with one attached hydrogen (secondary N) is 1. The molecule has 6 heteroatoms. The number of hydrogen-bond donors (Lipinski definition) is 2. The van der Waals surface area contributed by atoms with E-state index in [1.165, 1.54) is 26.0 Å². The Hall–Kier alpha value is -0.720. The molecule has 0 aromatic heterocycles. The number of anilines is 1. The summed E-state index contributed by atoms with van der Waals surface area (Å²) >= 11 is 1.65. The van der Waals surface area contributed by atoms with Gasteiger partial charge in [-0.2, -0.15) is 0 Å². The first-order valence-electron chi connectivity index (χ1n) is 6.02. The minimum Gasteiger partial charge on any atom is -0.399 e. The predicted octanol–water partition coefficient (Wildman–Crippen LogP) is 2.21. The van der Waals surface area contributed by atoms with E-state index in [1.54, 1.807) is 17.8 Å². The number of nitrogens with two attached hydrogens (primary N) is 1. The molecule has 0 heterocycles. The average Bonchev–Trinajstić information content (AvgIpc) is 2.84. The van der Waals surface area contributed by atoms with Gasteiger partial charge in [0.1, 0.15) is 0 Å². The molecule has 1 fully saturated rings. The van der Waals surface area contributed by atoms with Gasteiger partial charge in [-0.1, -0.05) is 12.8 Å². The van der Waals surface area contributed by atoms with Gasteiger partial charge in [0.25, 0.3) is 0 Å². The van der Waals surface area contributed by atoms with Crippen molar-refractivity contribution in [2.75, 3.05) is 12.8 Å². The van der Waals surface area contributed by atoms with Crippen molar-refractivity contribution < 1.29 is 8.42 Å². The van der Waals surface area contributed by atoms with Gasteiger partial charge in [0.15, 0.2) is 0 Å². The van der Waals surface area contributed by atoms with Crippen LogP contribution >= 0.6 is 11.8 Å². The first-order chi connectivity index (χ1) is 8.53. The SMILES string of the molecule is CNS(=O)(=O)c1cc(N)ccc1SC1CCCC1. The van der Waals surface area contributed by atoms with E-state index in [-0.39, 0.29) is 0 Å². The number of nitrogen functional groups attached to an aromatic ring is 1. The quantitative estimate of drug-likeness (QED) is 0.832. The molecule has 1 aromatic rings. The summed E-state index contributed by atoms with van der Waals surface area (Å²) in [6.45, 7) is 0. The molecule has 0 atom stereocenters. The summed E-state index contributed by atoms with van der Waals surface area (Å²) < 4.78 is 26.3. The van der Waals surface area contributed by atoms with Crippen LogP contribution in [0.5, 0.6) is 0 Å². The van der Waals surface area contributed by atoms with E-state index in [9.17, 15) is 8.42 Å². The fourth-order valence-corrected chi connectivity index (χ4v) is 4.70. The molecule has 1 aliphatic carbocycles. The molecule has 3 N–H and O–H groups in total. The second kappa shape index (κ2) is 5.50. The minimum atomic E-state index is -3.44. The van der Waals surface area contributed by atoms with Crippen LogP contribution in [0.4, 0.5) is 5.69 Å². The van der Waals surface area contributed by atoms with Crippen LogP contribution in [-0.2, 0) is 10.0 Å². The van der Waals surface area contributed by atoms with Gasteiger partial charge >= 0.3 is 0 Å². The van der Waals surface area contributed by atoms with Crippen molar-refractivity contribution in [3.63, 3.8) is 0 Å². The van der Waals surface area contributed by atoms with Crippen LogP contribution in [0.3, 0.4) is 0 Å². The number of hydrogen-bond acceptors (Lipinski definition) is 4. The van der Waals surface area contributed by atoms with Crippen molar-refractivity contribution in [1.82, 2.24) is 4.72 Å². The van der Waals surface area contributed by atoms with E-state index in [4.69, 9.17) is 5.73 Å². The second-order valence-electron chi connectivity index (χ2n) is 4.44. The lowest BCUT2D eigenvalue weighted by atomic mass is 10.3. The Labute approximate surface area is 112 Å². The molecule has 1 aromatic carbocycles. The zero-order chi connectivity index (χ0) is 13.2. The Kier molecular flexibility index (Phi) is 4.19. The van der Waals surface area contributed by atoms with Crippen molar-refractivity contribution in [2.45, 2.75) is 40.7 Å². The number of sulfonamides is 1. The third kappa shape index (κ3) is 2.99. The molecule has 0 spiro atoms. The van der Waals surface area contributed by atoms with Crippen LogP contribution < -0.4 is 10.5 Å². The highest BCUT2D eigenvalue weighted by Gasteiger charge is 2.22. The van der Waals surface area contributed by atoms with Gasteiger partial charge in [-0.3, -0.25) is 0 Å². The molecular weight excluding hydrogens is 268 g/mol. The van der Waals surface area contributed by atoms with E-state index >= 15 is 0 Å². The van der Waals surface area contributed by atoms with E-state index in [0.717, 1.165) is 17.7 Å². The van der Waals surface area contributed by atoms with Crippen molar-refractivity contribution in [3.8, 4) is 0 Å². The summed E-state index contributed by atoms with van der Waals surface area (Å²) in [5.41, 5.74) is 6.16. The smallest absolute Gasteiger partial charge is 0.241 e. The Balaban J connectivity index is 2.34. The monoisotopic (exact) mass is 286 g/mol. The highest BCUT2D eigenvalue weighted by Crippen LogP contribution is 2.38. The minimum absolute atomic E-state index is 0.293. The zero-order valence-corrected chi connectivity index (χ0v) is 12.0. The third-order valence-corrected chi connectivity index (χ3v) is 6.12. The van der Waals surface area contributed by atoms with Crippen molar-refractivity contribution in [3.05, 3.63) is 18.2 Å². The molecule has 4 nitrogen and oxygen atoms in total. The van der Waals surface area contributed by atoms with Crippen molar-refractivity contribution in [2.24, 2.45) is 0 Å². The second-order valence-corrected chi connectivity index (χ2v) is 7.64. The molecule has 0 unspecified atom stereocenters. The largest absolute Gasteiger partial charge is 0.399 e. The Morgan fingerprint density at radius 2 is 2.00 bits per heavy atom. The predicted molar refractivity (Wildman–Crippen MR) is 75.2 cm³/mol. The Morgan fingerprint density at radius 3 is 2.61 bits per heavy atom. The first-order valence-corrected chi connectivity index (χ1v) is 8.39. The lowest BCUT2D eigenvalue weighted by Gasteiger charge is -2.13. The van der Waals surface area contributed by atoms with Crippen LogP contribution in [-0.4, -0.2) is 20.7 Å². The maximum Gasteiger partial charge on any atom is 0.241 e. The molecule has 0 bridgehead atoms. The number of thioether (sulfide) groups is 1. The third-order valence-electron chi connectivity index (χ3n) is 3.12. The maximum atomic E-state index is 12.0. The lowest BCUT2D eigenvalue weighted by Crippen LogP contribution is -2.19. The highest BCUT2D eigenvalue weighted by molar-refractivity contribution is 8.00. The molecule has 18 heavy (non-hydrogen) atoms. The molecule has 1 saturated carbocycles. The van der Waals surface area contributed by atoms with Gasteiger partial charge in [-0.15, -0.1) is 11.8 Å². The van der Waals surface area contributed by atoms with Crippen molar-refractivity contribution >= 4 is 27.5 Å². The normalized spacial score (nSPS) is 17.2. The van der Waals surface area contributed by atoms with Crippen LogP contribution in [0, 0.1) is 0 Å². The first kappa shape index (κ1) is 13.7. The maximum absolute atomic E-state index is 12.0. The molecule has 0 radical (unpaired) electrons. The summed E-state index contributed by atoms with van der Waals surface area (Å²) in [7, 11) is -2.02. The van der Waals surface area contributed by atoms with Crippen LogP contribution in [0.15, 0.2) is 28.0 Å². The number of rotatable bonds is 4. The Morgan fingerprint density at radius 1 is 1.33 bits per heavy atom. The van der Waals surface area contributed by atoms with Gasteiger partial charge in [0.05, 0.1) is 4.90 Å². The molecule has 100 valence electrons. The molecule has 2 rings (SSSR count). The molecule has 0 saturated heterocycles. The van der Waals surface area contributed by atoms with Crippen molar-refractivity contribution in [1.29, 1.82) is 0 Å². The van der Waals surface area contributed by atoms with E-state index in [0.29, 0.717) is 15.8 Å². The van der Waals surface area contributed by atoms with Gasteiger partial charge < -0.3 is 5.73 Å². The van der Waals surface area contributed by atoms with E-state index < -0.39 is 10.0 Å². The summed E-state index contributed by atoms with van der Waals surface area (Å²) in [6.07, 6.45) is 4.80. The zero-order valence-electron chi connectivity index (χ0n) is 10.3. The van der Waals surface area contributed by atoms with Gasteiger partial charge in [0.2, 0.25) is 10.0 Å². The average molecular weight is 286 g/mol. The summed E-state index contributed by atoms with van der Waals surface area (Å²) in [5.74, 6) is 0. The van der Waals surface area contributed by atoms with Crippen LogP contribution in [0.25, 0.3) is 0 Å². The highest BCUT2D eigenvalue weighted by atomic mass is 32.2. The molecule has 1 aliphatic rings. The van der Waals surface area contributed by atoms with Gasteiger partial charge in [-0.25, -0.2) is 13.1 Å². The van der Waals surface area contributed by atoms with Gasteiger partial charge in [0, 0.05) is 15.8 Å². The van der Waals surface area contributed by atoms with E-state index in [2.05, 4.69) is 4.72 Å². The summed E-state index contributed by atoms with van der Waals surface area (Å²) in [5, 5.41) is 0.527. The fraction of sp³-hybridized carbons (Fsp3) is 0.500. The molecular formula is C12H18N2O2S2. The van der Waals surface area contributed by atoms with Gasteiger partial charge in [-0.05, 0) is 38.1 Å². The lowest BCUT2D eigenvalue weighted by molar-refractivity contribution is 0.586. The molecule has 0 amide bonds. The summed E-state index contributed by atoms with van der Waals surface area (Å²) in [4.78, 5) is 1.09. The molecule has 0 aliphatic heterocycles. The standard InChI is InChI=1S/C12H18N2O2S2/c1-14-18(15,16)12-8-9(13)6-7-11(12)17-10-4-2-3-5-10/h6-8,10,14H,2-5,13H2,1H3. The number of benzene rings is 1. The topological polar surface area (TPSA) is 72.2 Å². The Bertz CT molecular complexity index is 523. The van der Waals surface area contributed by atoms with Crippen LogP contribution in [0.2, 0.25) is 0 Å². The summed E-state index contributed by atoms with van der Waals surface area (Å²) in [6, 6.07) is 5.09. The fourth-order valence-electron chi connectivity index (χ4n) is 2.13.